The Balaban J connectivity index is 2.03. The van der Waals surface area contributed by atoms with E-state index in [0.29, 0.717) is 38.7 Å². The minimum atomic E-state index is -0.168. The molecule has 1 aliphatic rings. The van der Waals surface area contributed by atoms with E-state index < -0.39 is 0 Å². The number of carbonyl (C=O) groups is 1. The quantitative estimate of drug-likeness (QED) is 0.437. The van der Waals surface area contributed by atoms with Gasteiger partial charge >= 0.3 is 0 Å². The van der Waals surface area contributed by atoms with Gasteiger partial charge in [0, 0.05) is 30.0 Å². The number of anilines is 2. The highest BCUT2D eigenvalue weighted by Crippen LogP contribution is 2.35. The van der Waals surface area contributed by atoms with Crippen molar-refractivity contribution in [1.82, 2.24) is 4.98 Å². The lowest BCUT2D eigenvalue weighted by molar-refractivity contribution is -0.458. The Morgan fingerprint density at radius 3 is 2.75 bits per heavy atom. The summed E-state index contributed by atoms with van der Waals surface area (Å²) in [6.07, 6.45) is 4.67. The predicted octanol–water partition coefficient (Wildman–Crippen LogP) is 1.70. The third-order valence-electron chi connectivity index (χ3n) is 3.95. The molecule has 1 amide bonds. The Hall–Kier alpha value is -3.48. The normalized spacial score (nSPS) is 12.4. The highest BCUT2D eigenvalue weighted by molar-refractivity contribution is 8.00. The van der Waals surface area contributed by atoms with Crippen molar-refractivity contribution in [1.29, 1.82) is 10.7 Å². The maximum absolute atomic E-state index is 11.2. The van der Waals surface area contributed by atoms with Crippen LogP contribution in [0.1, 0.15) is 18.1 Å². The molecule has 8 nitrogen and oxygen atoms in total. The molecule has 0 saturated carbocycles. The first-order chi connectivity index (χ1) is 13.5. The van der Waals surface area contributed by atoms with Crippen LogP contribution >= 0.6 is 11.8 Å². The zero-order valence-corrected chi connectivity index (χ0v) is 15.9. The smallest absolute Gasteiger partial charge is 0.221 e. The maximum atomic E-state index is 11.2. The van der Waals surface area contributed by atoms with Crippen molar-refractivity contribution < 1.29 is 10.1 Å². The average molecular weight is 392 g/mol. The standard InChI is InChI=1S/C19H17N7OS/c1-11(27)25-13-4-2-12(3-5-13)17-14(8-20)18(22)26-19(15(17)9-21)28-10-16-23-6-7-24-16/h2-8,20H,10H2,1H3,(H2,22,26)(H,23,24)(H,25,27)/p+1. The Labute approximate surface area is 166 Å². The molecule has 0 saturated heterocycles. The molecule has 1 aromatic heterocycles. The van der Waals surface area contributed by atoms with Gasteiger partial charge in [0.2, 0.25) is 11.7 Å². The minimum absolute atomic E-state index is 0.168. The van der Waals surface area contributed by atoms with Crippen molar-refractivity contribution in [2.75, 3.05) is 16.8 Å². The molecule has 3 rings (SSSR count). The summed E-state index contributed by atoms with van der Waals surface area (Å²) in [5.41, 5.74) is 8.74. The van der Waals surface area contributed by atoms with Crippen LogP contribution in [-0.4, -0.2) is 28.7 Å². The van der Waals surface area contributed by atoms with Crippen LogP contribution in [0.5, 0.6) is 0 Å². The van der Waals surface area contributed by atoms with Gasteiger partial charge in [-0.25, -0.2) is 9.98 Å². The number of hydrogen-bond acceptors (Lipinski definition) is 7. The van der Waals surface area contributed by atoms with Crippen LogP contribution in [0.15, 0.2) is 46.7 Å². The summed E-state index contributed by atoms with van der Waals surface area (Å²) in [4.78, 5) is 19.8. The second-order valence-electron chi connectivity index (χ2n) is 5.90. The van der Waals surface area contributed by atoms with E-state index in [1.165, 1.54) is 18.7 Å². The van der Waals surface area contributed by atoms with E-state index in [4.69, 9.17) is 11.1 Å². The average Bonchev–Trinajstić information content (AvgIpc) is 3.19. The largest absolute Gasteiger partial charge is 0.383 e. The number of benzene rings is 1. The first-order valence-electron chi connectivity index (χ1n) is 8.35. The van der Waals surface area contributed by atoms with Crippen LogP contribution < -0.4 is 16.4 Å². The van der Waals surface area contributed by atoms with Crippen molar-refractivity contribution in [3.05, 3.63) is 47.8 Å². The van der Waals surface area contributed by atoms with Gasteiger partial charge in [-0.05, 0) is 17.7 Å². The molecular formula is C19H18N7OS+. The summed E-state index contributed by atoms with van der Waals surface area (Å²) in [7, 11) is 0. The molecule has 2 aromatic rings. The molecule has 9 heteroatoms. The van der Waals surface area contributed by atoms with Gasteiger partial charge in [-0.1, -0.05) is 23.9 Å². The Bertz CT molecular complexity index is 1040. The van der Waals surface area contributed by atoms with Crippen LogP contribution in [-0.2, 0) is 4.79 Å². The van der Waals surface area contributed by atoms with Gasteiger partial charge in [0.15, 0.2) is 0 Å². The van der Waals surface area contributed by atoms with Gasteiger partial charge < -0.3 is 16.5 Å². The van der Waals surface area contributed by atoms with E-state index in [1.54, 1.807) is 30.5 Å². The highest BCUT2D eigenvalue weighted by atomic mass is 32.2. The monoisotopic (exact) mass is 392 g/mol. The minimum Gasteiger partial charge on any atom is -0.383 e. The number of nitrogens with one attached hydrogen (secondary N) is 2. The molecule has 2 heterocycles. The molecule has 0 fully saturated rings. The van der Waals surface area contributed by atoms with Gasteiger partial charge in [0.1, 0.15) is 23.1 Å². The maximum Gasteiger partial charge on any atom is 0.221 e. The van der Waals surface area contributed by atoms with Crippen molar-refractivity contribution in [3.63, 3.8) is 0 Å². The number of rotatable bonds is 6. The van der Waals surface area contributed by atoms with E-state index >= 15 is 0 Å². The summed E-state index contributed by atoms with van der Waals surface area (Å²) in [6.45, 7) is 1.43. The molecule has 1 aliphatic heterocycles. The van der Waals surface area contributed by atoms with Gasteiger partial charge in [-0.15, -0.1) is 0 Å². The van der Waals surface area contributed by atoms with E-state index in [9.17, 15) is 10.1 Å². The summed E-state index contributed by atoms with van der Waals surface area (Å²) in [5, 5.41) is 22.6. The van der Waals surface area contributed by atoms with Crippen LogP contribution in [0.4, 0.5) is 11.5 Å². The van der Waals surface area contributed by atoms with E-state index in [-0.39, 0.29) is 11.7 Å². The summed E-state index contributed by atoms with van der Waals surface area (Å²) < 4.78 is 0. The third kappa shape index (κ3) is 4.09. The fourth-order valence-electron chi connectivity index (χ4n) is 2.74. The van der Waals surface area contributed by atoms with Gasteiger partial charge in [-0.2, -0.15) is 5.26 Å². The van der Waals surface area contributed by atoms with Crippen molar-refractivity contribution in [3.8, 4) is 17.2 Å². The number of amidine groups is 1. The number of thioether (sulfide) groups is 1. The van der Waals surface area contributed by atoms with Crippen molar-refractivity contribution in [2.45, 2.75) is 11.9 Å². The first-order valence-corrected chi connectivity index (χ1v) is 9.33. The van der Waals surface area contributed by atoms with E-state index in [1.807, 2.05) is 11.5 Å². The zero-order valence-electron chi connectivity index (χ0n) is 15.1. The number of nitrogen functional groups attached to an aromatic ring is 1. The molecule has 0 spiro atoms. The van der Waals surface area contributed by atoms with Gasteiger partial charge in [-0.3, -0.25) is 10.1 Å². The van der Waals surface area contributed by atoms with Crippen LogP contribution in [0, 0.1) is 16.7 Å². The topological polar surface area (TPSA) is 145 Å². The summed E-state index contributed by atoms with van der Waals surface area (Å²) in [5.74, 6) is 1.46. The number of aromatic nitrogens is 1. The number of nitrogens with zero attached hydrogens (tertiary/aromatic N) is 3. The summed E-state index contributed by atoms with van der Waals surface area (Å²) in [6, 6.07) is 9.24. The lowest BCUT2D eigenvalue weighted by atomic mass is 9.96. The van der Waals surface area contributed by atoms with Gasteiger partial charge in [0.05, 0.1) is 17.5 Å². The van der Waals surface area contributed by atoms with E-state index in [0.717, 1.165) is 12.1 Å². The number of amides is 1. The highest BCUT2D eigenvalue weighted by Gasteiger charge is 2.20. The second kappa shape index (κ2) is 8.47. The number of quaternary nitrogens is 1. The van der Waals surface area contributed by atoms with Crippen LogP contribution in [0.25, 0.3) is 11.1 Å². The molecule has 0 unspecified atom stereocenters. The van der Waals surface area contributed by atoms with Crippen molar-refractivity contribution in [2.24, 2.45) is 4.99 Å². The number of pyridine rings is 1. The lowest BCUT2D eigenvalue weighted by Gasteiger charge is -2.14. The Kier molecular flexibility index (Phi) is 5.84. The Morgan fingerprint density at radius 1 is 1.43 bits per heavy atom. The van der Waals surface area contributed by atoms with Gasteiger partial charge in [0.25, 0.3) is 0 Å². The number of nitrogens with two attached hydrogens (primary N) is 2. The number of carbonyl (C=O) groups excluding carboxylic acids is 1. The molecule has 28 heavy (non-hydrogen) atoms. The van der Waals surface area contributed by atoms with Crippen molar-refractivity contribution >= 4 is 41.2 Å². The second-order valence-corrected chi connectivity index (χ2v) is 6.86. The molecule has 6 N–H and O–H groups in total. The number of aliphatic imine (C=N–C) groups is 1. The first kappa shape index (κ1) is 19.3. The molecule has 0 atom stereocenters. The SMILES string of the molecule is CC(=O)Nc1ccc(-c2c(C#N)c(SCC3=NC=C[NH2+]3)nc(N)c2C=N)cc1. The fourth-order valence-corrected chi connectivity index (χ4v) is 3.65. The Morgan fingerprint density at radius 2 is 2.18 bits per heavy atom. The fraction of sp³-hybridized carbons (Fsp3) is 0.105. The lowest BCUT2D eigenvalue weighted by Crippen LogP contribution is -2.81. The molecule has 0 bridgehead atoms. The third-order valence-corrected chi connectivity index (χ3v) is 4.96. The summed E-state index contributed by atoms with van der Waals surface area (Å²) >= 11 is 1.37. The molecule has 1 aromatic carbocycles. The zero-order chi connectivity index (χ0) is 20.1. The number of nitriles is 1. The number of hydrogen-bond donors (Lipinski definition) is 4. The molecule has 0 aliphatic carbocycles. The van der Waals surface area contributed by atoms with Crippen LogP contribution in [0.2, 0.25) is 0 Å². The van der Waals surface area contributed by atoms with Crippen LogP contribution in [0.3, 0.4) is 0 Å². The molecular weight excluding hydrogens is 374 g/mol. The molecule has 140 valence electrons. The van der Waals surface area contributed by atoms with E-state index in [2.05, 4.69) is 21.4 Å². The predicted molar refractivity (Wildman–Crippen MR) is 110 cm³/mol. The molecule has 0 radical (unpaired) electrons.